The van der Waals surface area contributed by atoms with Crippen LogP contribution in [0.25, 0.3) is 0 Å². The van der Waals surface area contributed by atoms with E-state index in [0.29, 0.717) is 10.2 Å². The molecular weight excluding hydrogens is 276 g/mol. The summed E-state index contributed by atoms with van der Waals surface area (Å²) in [6.07, 6.45) is 4.53. The first-order valence-corrected chi connectivity index (χ1v) is 5.96. The van der Waals surface area contributed by atoms with Crippen LogP contribution in [0.2, 0.25) is 0 Å². The highest BCUT2D eigenvalue weighted by atomic mass is 79.9. The highest BCUT2D eigenvalue weighted by Crippen LogP contribution is 2.27. The molecule has 0 unspecified atom stereocenters. The van der Waals surface area contributed by atoms with Gasteiger partial charge in [-0.3, -0.25) is 0 Å². The van der Waals surface area contributed by atoms with Gasteiger partial charge in [0.15, 0.2) is 6.23 Å². The molecule has 0 saturated carbocycles. The average molecular weight is 289 g/mol. The Hall–Kier alpha value is -0.880. The monoisotopic (exact) mass is 288 g/mol. The molecule has 6 heteroatoms. The lowest BCUT2D eigenvalue weighted by Gasteiger charge is -2.23. The molecule has 1 aromatic heterocycles. The number of ether oxygens (including phenoxy) is 2. The van der Waals surface area contributed by atoms with Gasteiger partial charge in [-0.15, -0.1) is 0 Å². The Morgan fingerprint density at radius 3 is 3.12 bits per heavy atom. The number of nitrogens with zero attached hydrogens (tertiary/aromatic N) is 2. The van der Waals surface area contributed by atoms with Crippen molar-refractivity contribution in [2.75, 3.05) is 13.7 Å². The minimum absolute atomic E-state index is 0.0819. The molecule has 2 heterocycles. The summed E-state index contributed by atoms with van der Waals surface area (Å²) in [5.41, 5.74) is 0.427. The van der Waals surface area contributed by atoms with E-state index >= 15 is 0 Å². The topological polar surface area (TPSA) is 53.3 Å². The van der Waals surface area contributed by atoms with Crippen LogP contribution in [0.1, 0.15) is 35.8 Å². The van der Waals surface area contributed by atoms with Gasteiger partial charge in [0.05, 0.1) is 13.3 Å². The number of hydrogen-bond acceptors (Lipinski definition) is 4. The van der Waals surface area contributed by atoms with Gasteiger partial charge in [-0.05, 0) is 35.2 Å². The second-order valence-electron chi connectivity index (χ2n) is 3.61. The number of rotatable bonds is 2. The van der Waals surface area contributed by atoms with Gasteiger partial charge in [0.1, 0.15) is 10.2 Å². The molecule has 0 amide bonds. The van der Waals surface area contributed by atoms with Crippen LogP contribution < -0.4 is 0 Å². The third-order valence-corrected chi connectivity index (χ3v) is 3.36. The summed E-state index contributed by atoms with van der Waals surface area (Å²) < 4.78 is 12.5. The summed E-state index contributed by atoms with van der Waals surface area (Å²) in [7, 11) is 1.35. The maximum absolute atomic E-state index is 11.4. The summed E-state index contributed by atoms with van der Waals surface area (Å²) in [5.74, 6) is -0.395. The van der Waals surface area contributed by atoms with E-state index in [1.54, 1.807) is 4.68 Å². The first-order valence-electron chi connectivity index (χ1n) is 5.17. The minimum Gasteiger partial charge on any atom is -0.465 e. The van der Waals surface area contributed by atoms with Crippen molar-refractivity contribution in [3.8, 4) is 0 Å². The van der Waals surface area contributed by atoms with Gasteiger partial charge >= 0.3 is 5.97 Å². The Morgan fingerprint density at radius 1 is 1.69 bits per heavy atom. The van der Waals surface area contributed by atoms with Crippen LogP contribution in [0.15, 0.2) is 10.8 Å². The second kappa shape index (κ2) is 4.97. The van der Waals surface area contributed by atoms with Crippen molar-refractivity contribution in [1.29, 1.82) is 0 Å². The zero-order valence-corrected chi connectivity index (χ0v) is 10.6. The molecular formula is C10H13BrN2O3. The quantitative estimate of drug-likeness (QED) is 0.783. The Balaban J connectivity index is 2.21. The normalized spacial score (nSPS) is 20.8. The fourth-order valence-electron chi connectivity index (χ4n) is 1.71. The lowest BCUT2D eigenvalue weighted by atomic mass is 10.2. The molecule has 5 nitrogen and oxygen atoms in total. The smallest absolute Gasteiger partial charge is 0.342 e. The highest BCUT2D eigenvalue weighted by Gasteiger charge is 2.23. The number of halogens is 1. The molecule has 2 rings (SSSR count). The maximum atomic E-state index is 11.4. The fraction of sp³-hybridized carbons (Fsp3) is 0.600. The van der Waals surface area contributed by atoms with Crippen molar-refractivity contribution in [3.63, 3.8) is 0 Å². The third-order valence-electron chi connectivity index (χ3n) is 2.57. The molecule has 1 aliphatic rings. The predicted octanol–water partition coefficient (Wildman–Crippen LogP) is 2.13. The van der Waals surface area contributed by atoms with E-state index in [9.17, 15) is 4.79 Å². The van der Waals surface area contributed by atoms with Crippen LogP contribution >= 0.6 is 15.9 Å². The number of hydrogen-bond donors (Lipinski definition) is 0. The minimum atomic E-state index is -0.395. The fourth-order valence-corrected chi connectivity index (χ4v) is 2.30. The van der Waals surface area contributed by atoms with Crippen molar-refractivity contribution < 1.29 is 14.3 Å². The van der Waals surface area contributed by atoms with E-state index < -0.39 is 5.97 Å². The third kappa shape index (κ3) is 2.12. The van der Waals surface area contributed by atoms with E-state index in [0.717, 1.165) is 25.9 Å². The average Bonchev–Trinajstić information content (AvgIpc) is 2.71. The molecule has 0 N–H and O–H groups in total. The summed E-state index contributed by atoms with van der Waals surface area (Å²) in [6.45, 7) is 0.741. The number of aromatic nitrogens is 2. The van der Waals surface area contributed by atoms with E-state index in [1.807, 2.05) is 0 Å². The Morgan fingerprint density at radius 2 is 2.50 bits per heavy atom. The van der Waals surface area contributed by atoms with Crippen LogP contribution in [-0.2, 0) is 9.47 Å². The van der Waals surface area contributed by atoms with Crippen LogP contribution in [-0.4, -0.2) is 29.5 Å². The summed E-state index contributed by atoms with van der Waals surface area (Å²) >= 11 is 3.35. The highest BCUT2D eigenvalue weighted by molar-refractivity contribution is 9.10. The molecule has 88 valence electrons. The lowest BCUT2D eigenvalue weighted by Crippen LogP contribution is -2.19. The number of methoxy groups -OCH3 is 1. The van der Waals surface area contributed by atoms with Crippen molar-refractivity contribution >= 4 is 21.9 Å². The lowest BCUT2D eigenvalue weighted by molar-refractivity contribution is -0.0409. The maximum Gasteiger partial charge on any atom is 0.342 e. The first-order chi connectivity index (χ1) is 7.74. The standard InChI is InChI=1S/C10H13BrN2O3/c1-15-10(14)7-6-12-13(9(7)11)8-4-2-3-5-16-8/h6,8H,2-5H2,1H3/t8-/m0/s1. The number of carbonyl (C=O) groups excluding carboxylic acids is 1. The van der Waals surface area contributed by atoms with Gasteiger partial charge < -0.3 is 9.47 Å². The molecule has 1 aliphatic heterocycles. The van der Waals surface area contributed by atoms with E-state index in [-0.39, 0.29) is 6.23 Å². The zero-order chi connectivity index (χ0) is 11.5. The predicted molar refractivity (Wildman–Crippen MR) is 60.1 cm³/mol. The van der Waals surface area contributed by atoms with E-state index in [4.69, 9.17) is 4.74 Å². The van der Waals surface area contributed by atoms with Crippen LogP contribution in [0.3, 0.4) is 0 Å². The largest absolute Gasteiger partial charge is 0.465 e. The van der Waals surface area contributed by atoms with E-state index in [2.05, 4.69) is 25.8 Å². The van der Waals surface area contributed by atoms with Crippen molar-refractivity contribution in [2.24, 2.45) is 0 Å². The molecule has 16 heavy (non-hydrogen) atoms. The number of esters is 1. The molecule has 0 radical (unpaired) electrons. The molecule has 1 fully saturated rings. The van der Waals surface area contributed by atoms with Gasteiger partial charge in [0.25, 0.3) is 0 Å². The SMILES string of the molecule is COC(=O)c1cnn([C@@H]2CCCCO2)c1Br. The second-order valence-corrected chi connectivity index (χ2v) is 4.36. The van der Waals surface area contributed by atoms with E-state index in [1.165, 1.54) is 13.3 Å². The summed E-state index contributed by atoms with van der Waals surface area (Å²) in [6, 6.07) is 0. The molecule has 1 atom stereocenters. The molecule has 1 saturated heterocycles. The van der Waals surface area contributed by atoms with Gasteiger partial charge in [0.2, 0.25) is 0 Å². The first kappa shape index (κ1) is 11.6. The molecule has 0 aromatic carbocycles. The summed E-state index contributed by atoms with van der Waals surface area (Å²) in [5, 5.41) is 4.15. The van der Waals surface area contributed by atoms with Gasteiger partial charge in [-0.1, -0.05) is 0 Å². The molecule has 0 aliphatic carbocycles. The van der Waals surface area contributed by atoms with Gasteiger partial charge in [0, 0.05) is 6.61 Å². The molecule has 0 bridgehead atoms. The van der Waals surface area contributed by atoms with Crippen molar-refractivity contribution in [3.05, 3.63) is 16.4 Å². The Labute approximate surface area is 102 Å². The Bertz CT molecular complexity index is 385. The van der Waals surface area contributed by atoms with Crippen LogP contribution in [0, 0.1) is 0 Å². The molecule has 0 spiro atoms. The van der Waals surface area contributed by atoms with Crippen LogP contribution in [0.5, 0.6) is 0 Å². The van der Waals surface area contributed by atoms with Gasteiger partial charge in [-0.25, -0.2) is 9.48 Å². The summed E-state index contributed by atoms with van der Waals surface area (Å²) in [4.78, 5) is 11.4. The van der Waals surface area contributed by atoms with Crippen molar-refractivity contribution in [1.82, 2.24) is 9.78 Å². The zero-order valence-electron chi connectivity index (χ0n) is 8.98. The Kier molecular flexibility index (Phi) is 3.60. The van der Waals surface area contributed by atoms with Crippen molar-refractivity contribution in [2.45, 2.75) is 25.5 Å². The molecule has 1 aromatic rings. The number of carbonyl (C=O) groups is 1. The van der Waals surface area contributed by atoms with Crippen LogP contribution in [0.4, 0.5) is 0 Å². The van der Waals surface area contributed by atoms with Gasteiger partial charge in [-0.2, -0.15) is 5.10 Å².